The second kappa shape index (κ2) is 8.17. The van der Waals surface area contributed by atoms with Crippen LogP contribution >= 0.6 is 15.9 Å². The van der Waals surface area contributed by atoms with Gasteiger partial charge in [0.1, 0.15) is 5.75 Å². The first-order chi connectivity index (χ1) is 15.2. The van der Waals surface area contributed by atoms with Gasteiger partial charge in [0, 0.05) is 22.7 Å². The van der Waals surface area contributed by atoms with Gasteiger partial charge >= 0.3 is 0 Å². The predicted octanol–water partition coefficient (Wildman–Crippen LogP) is 8.17. The van der Waals surface area contributed by atoms with Crippen LogP contribution in [0.25, 0.3) is 11.1 Å². The number of halogens is 1. The molecule has 0 atom stereocenters. The quantitative estimate of drug-likeness (QED) is 0.388. The summed E-state index contributed by atoms with van der Waals surface area (Å²) in [5.41, 5.74) is 6.89. The minimum Gasteiger partial charge on any atom is -0.467 e. The molecule has 0 saturated heterocycles. The lowest BCUT2D eigenvalue weighted by atomic mass is 9.48. The van der Waals surface area contributed by atoms with Crippen molar-refractivity contribution in [2.24, 2.45) is 17.8 Å². The Balaban J connectivity index is 1.66. The molecule has 32 heavy (non-hydrogen) atoms. The average molecular weight is 498 g/mol. The Bertz CT molecular complexity index is 981. The Hall–Kier alpha value is -1.32. The topological polar surface area (TPSA) is 18.5 Å². The fourth-order valence-corrected chi connectivity index (χ4v) is 7.87. The molecule has 4 bridgehead atoms. The number of rotatable bonds is 5. The maximum atomic E-state index is 6.43. The summed E-state index contributed by atoms with van der Waals surface area (Å²) in [5.74, 6) is 3.75. The number of methoxy groups -OCH3 is 1. The van der Waals surface area contributed by atoms with Crippen molar-refractivity contribution in [1.29, 1.82) is 0 Å². The van der Waals surface area contributed by atoms with Gasteiger partial charge in [0.15, 0.2) is 6.79 Å². The lowest BCUT2D eigenvalue weighted by Crippen LogP contribution is -2.48. The van der Waals surface area contributed by atoms with E-state index in [0.29, 0.717) is 0 Å². The Kier molecular flexibility index (Phi) is 5.73. The standard InChI is InChI=1S/C29H37BrO2/c1-18-8-24(23-7-6-22(13-26(23)30)28(2,3)4)27(32-17-31-5)25(9-18)29-14-19-10-20(15-29)12-21(11-19)16-29/h6-9,13,19-21H,10-12,14-17H2,1-5H3. The van der Waals surface area contributed by atoms with Crippen LogP contribution in [-0.2, 0) is 15.6 Å². The fraction of sp³-hybridized carbons (Fsp3) is 0.586. The summed E-state index contributed by atoms with van der Waals surface area (Å²) >= 11 is 3.90. The molecular weight excluding hydrogens is 460 g/mol. The predicted molar refractivity (Wildman–Crippen MR) is 135 cm³/mol. The molecule has 0 aliphatic heterocycles. The maximum absolute atomic E-state index is 6.43. The van der Waals surface area contributed by atoms with Gasteiger partial charge in [-0.25, -0.2) is 0 Å². The molecule has 0 unspecified atom stereocenters. The summed E-state index contributed by atoms with van der Waals surface area (Å²) in [7, 11) is 1.71. The SMILES string of the molecule is COCOc1c(-c2ccc(C(C)(C)C)cc2Br)cc(C)cc1C12CC3CC(CC(C3)C1)C2. The molecule has 172 valence electrons. The highest BCUT2D eigenvalue weighted by Crippen LogP contribution is 2.62. The molecule has 3 heteroatoms. The molecule has 0 radical (unpaired) electrons. The highest BCUT2D eigenvalue weighted by molar-refractivity contribution is 9.10. The van der Waals surface area contributed by atoms with Gasteiger partial charge in [-0.3, -0.25) is 0 Å². The third-order valence-corrected chi connectivity index (χ3v) is 8.95. The fourth-order valence-electron chi connectivity index (χ4n) is 7.28. The van der Waals surface area contributed by atoms with Crippen LogP contribution in [0.4, 0.5) is 0 Å². The first-order valence-electron chi connectivity index (χ1n) is 12.3. The van der Waals surface area contributed by atoms with E-state index in [4.69, 9.17) is 9.47 Å². The van der Waals surface area contributed by atoms with Gasteiger partial charge in [-0.2, -0.15) is 0 Å². The number of hydrogen-bond acceptors (Lipinski definition) is 2. The minimum absolute atomic E-state index is 0.118. The van der Waals surface area contributed by atoms with Crippen LogP contribution < -0.4 is 4.74 Å². The molecule has 4 aliphatic rings. The maximum Gasteiger partial charge on any atom is 0.188 e. The molecule has 0 heterocycles. The molecule has 4 aliphatic carbocycles. The van der Waals surface area contributed by atoms with E-state index in [-0.39, 0.29) is 17.6 Å². The van der Waals surface area contributed by atoms with E-state index in [0.717, 1.165) is 28.0 Å². The van der Waals surface area contributed by atoms with E-state index in [1.54, 1.807) is 7.11 Å². The number of hydrogen-bond donors (Lipinski definition) is 0. The number of aryl methyl sites for hydroxylation is 1. The second-order valence-electron chi connectivity index (χ2n) is 11.9. The smallest absolute Gasteiger partial charge is 0.188 e. The highest BCUT2D eigenvalue weighted by atomic mass is 79.9. The Morgan fingerprint density at radius 2 is 1.56 bits per heavy atom. The van der Waals surface area contributed by atoms with Crippen LogP contribution in [0.1, 0.15) is 76.0 Å². The normalized spacial score (nSPS) is 28.9. The van der Waals surface area contributed by atoms with Crippen molar-refractivity contribution in [3.63, 3.8) is 0 Å². The van der Waals surface area contributed by atoms with Crippen LogP contribution in [0.3, 0.4) is 0 Å². The van der Waals surface area contributed by atoms with Gasteiger partial charge < -0.3 is 9.47 Å². The van der Waals surface area contributed by atoms with Gasteiger partial charge in [0.2, 0.25) is 0 Å². The Labute approximate surface area is 202 Å². The largest absolute Gasteiger partial charge is 0.467 e. The van der Waals surface area contributed by atoms with Gasteiger partial charge in [-0.15, -0.1) is 0 Å². The molecule has 2 nitrogen and oxygen atoms in total. The summed E-state index contributed by atoms with van der Waals surface area (Å²) in [5, 5.41) is 0. The van der Waals surface area contributed by atoms with Crippen molar-refractivity contribution < 1.29 is 9.47 Å². The number of benzene rings is 2. The number of ether oxygens (including phenoxy) is 2. The summed E-state index contributed by atoms with van der Waals surface area (Å²) < 4.78 is 13.0. The average Bonchev–Trinajstić information content (AvgIpc) is 2.70. The zero-order valence-corrected chi connectivity index (χ0v) is 21.8. The molecular formula is C29H37BrO2. The van der Waals surface area contributed by atoms with E-state index >= 15 is 0 Å². The molecule has 4 saturated carbocycles. The van der Waals surface area contributed by atoms with Crippen molar-refractivity contribution in [3.8, 4) is 16.9 Å². The van der Waals surface area contributed by atoms with Crippen molar-refractivity contribution in [3.05, 3.63) is 51.5 Å². The third kappa shape index (κ3) is 3.94. The van der Waals surface area contributed by atoms with Crippen LogP contribution in [0.5, 0.6) is 5.75 Å². The zero-order valence-electron chi connectivity index (χ0n) is 20.3. The first-order valence-corrected chi connectivity index (χ1v) is 13.0. The van der Waals surface area contributed by atoms with E-state index in [1.165, 1.54) is 66.3 Å². The molecule has 0 amide bonds. The van der Waals surface area contributed by atoms with Gasteiger partial charge in [0.05, 0.1) is 0 Å². The van der Waals surface area contributed by atoms with Crippen molar-refractivity contribution in [2.45, 2.75) is 77.0 Å². The van der Waals surface area contributed by atoms with Crippen LogP contribution in [-0.4, -0.2) is 13.9 Å². The molecule has 0 N–H and O–H groups in total. The second-order valence-corrected chi connectivity index (χ2v) is 12.7. The molecule has 2 aromatic carbocycles. The summed E-state index contributed by atoms with van der Waals surface area (Å²) in [6.07, 6.45) is 8.34. The van der Waals surface area contributed by atoms with Gasteiger partial charge in [0.25, 0.3) is 0 Å². The summed E-state index contributed by atoms with van der Waals surface area (Å²) in [6, 6.07) is 11.5. The molecule has 0 aromatic heterocycles. The highest BCUT2D eigenvalue weighted by Gasteiger charge is 2.52. The van der Waals surface area contributed by atoms with Crippen molar-refractivity contribution in [2.75, 3.05) is 13.9 Å². The molecule has 2 aromatic rings. The minimum atomic E-state index is 0.118. The first kappa shape index (κ1) is 22.5. The van der Waals surface area contributed by atoms with Gasteiger partial charge in [-0.1, -0.05) is 54.9 Å². The van der Waals surface area contributed by atoms with E-state index < -0.39 is 0 Å². The van der Waals surface area contributed by atoms with Crippen molar-refractivity contribution >= 4 is 15.9 Å². The van der Waals surface area contributed by atoms with E-state index in [9.17, 15) is 0 Å². The lowest BCUT2D eigenvalue weighted by Gasteiger charge is -2.57. The zero-order chi connectivity index (χ0) is 22.7. The van der Waals surface area contributed by atoms with Crippen LogP contribution in [0.2, 0.25) is 0 Å². The molecule has 0 spiro atoms. The van der Waals surface area contributed by atoms with Crippen LogP contribution in [0.15, 0.2) is 34.8 Å². The Morgan fingerprint density at radius 1 is 0.938 bits per heavy atom. The molecule has 4 fully saturated rings. The van der Waals surface area contributed by atoms with Crippen LogP contribution in [0, 0.1) is 24.7 Å². The lowest BCUT2D eigenvalue weighted by molar-refractivity contribution is -0.00877. The van der Waals surface area contributed by atoms with E-state index in [2.05, 4.69) is 74.0 Å². The van der Waals surface area contributed by atoms with E-state index in [1.807, 2.05) is 0 Å². The third-order valence-electron chi connectivity index (χ3n) is 8.29. The monoisotopic (exact) mass is 496 g/mol. The van der Waals surface area contributed by atoms with Crippen molar-refractivity contribution in [1.82, 2.24) is 0 Å². The summed E-state index contributed by atoms with van der Waals surface area (Å²) in [6.45, 7) is 9.32. The summed E-state index contributed by atoms with van der Waals surface area (Å²) in [4.78, 5) is 0. The molecule has 6 rings (SSSR count). The Morgan fingerprint density at radius 3 is 2.09 bits per heavy atom. The van der Waals surface area contributed by atoms with Gasteiger partial charge in [-0.05, 0) is 103 Å².